The number of ether oxygens (including phenoxy) is 2. The van der Waals surface area contributed by atoms with Crippen LogP contribution in [0.3, 0.4) is 0 Å². The van der Waals surface area contributed by atoms with Crippen molar-refractivity contribution in [1.82, 2.24) is 9.80 Å². The third kappa shape index (κ3) is 4.87. The van der Waals surface area contributed by atoms with Gasteiger partial charge in [-0.05, 0) is 17.7 Å². The highest BCUT2D eigenvalue weighted by Crippen LogP contribution is 2.32. The van der Waals surface area contributed by atoms with Crippen molar-refractivity contribution < 1.29 is 14.3 Å². The quantitative estimate of drug-likeness (QED) is 0.678. The highest BCUT2D eigenvalue weighted by molar-refractivity contribution is 6.30. The lowest BCUT2D eigenvalue weighted by Gasteiger charge is -2.44. The Bertz CT molecular complexity index is 788. The minimum Gasteiger partial charge on any atom is -0.379 e. The van der Waals surface area contributed by atoms with Gasteiger partial charge in [-0.1, -0.05) is 54.1 Å². The van der Waals surface area contributed by atoms with Crippen LogP contribution in [0.1, 0.15) is 22.0 Å². The number of carbonyl (C=O) groups is 1. The maximum absolute atomic E-state index is 13.8. The Balaban J connectivity index is 1.75. The minimum atomic E-state index is -0.291. The second-order valence-corrected chi connectivity index (χ2v) is 7.90. The Morgan fingerprint density at radius 2 is 1.34 bits per heavy atom. The Hall–Kier alpha value is -1.76. The molecule has 0 saturated carbocycles. The van der Waals surface area contributed by atoms with E-state index in [1.54, 1.807) is 0 Å². The summed E-state index contributed by atoms with van der Waals surface area (Å²) in [6.45, 7) is 5.75. The average molecular weight is 415 g/mol. The van der Waals surface area contributed by atoms with Crippen LogP contribution < -0.4 is 0 Å². The van der Waals surface area contributed by atoms with Crippen LogP contribution in [-0.2, 0) is 9.47 Å². The van der Waals surface area contributed by atoms with Crippen LogP contribution in [0.5, 0.6) is 0 Å². The van der Waals surface area contributed by atoms with Crippen LogP contribution in [0.4, 0.5) is 0 Å². The van der Waals surface area contributed by atoms with Gasteiger partial charge in [0.25, 0.3) is 0 Å². The molecule has 4 rings (SSSR count). The predicted molar refractivity (Wildman–Crippen MR) is 114 cm³/mol. The number of carbonyl (C=O) groups excluding carboxylic acids is 1. The van der Waals surface area contributed by atoms with Crippen molar-refractivity contribution in [1.29, 1.82) is 0 Å². The van der Waals surface area contributed by atoms with E-state index in [2.05, 4.69) is 9.80 Å². The zero-order valence-electron chi connectivity index (χ0n) is 16.5. The van der Waals surface area contributed by atoms with Crippen LogP contribution in [0.25, 0.3) is 0 Å². The first-order valence-electron chi connectivity index (χ1n) is 10.2. The number of hydrogen-bond acceptors (Lipinski definition) is 5. The van der Waals surface area contributed by atoms with Crippen LogP contribution in [0, 0.1) is 0 Å². The molecule has 2 aliphatic rings. The lowest BCUT2D eigenvalue weighted by atomic mass is 9.89. The first-order valence-corrected chi connectivity index (χ1v) is 10.6. The molecule has 2 aromatic carbocycles. The second-order valence-electron chi connectivity index (χ2n) is 7.47. The standard InChI is InChI=1S/C23H27ClN2O3/c24-20-8-6-18(7-9-20)21(25-10-14-28-15-11-25)22(26-12-16-29-17-13-26)23(27)19-4-2-1-3-5-19/h1-9,21-22H,10-17H2/t21-,22+/m0/s1. The van der Waals surface area contributed by atoms with Gasteiger partial charge in [0.05, 0.1) is 38.5 Å². The molecule has 5 nitrogen and oxygen atoms in total. The van der Waals surface area contributed by atoms with E-state index in [-0.39, 0.29) is 17.9 Å². The van der Waals surface area contributed by atoms with Gasteiger partial charge in [-0.2, -0.15) is 0 Å². The number of Topliss-reactive ketones (excluding diaryl/α,β-unsaturated/α-hetero) is 1. The Labute approximate surface area is 177 Å². The van der Waals surface area contributed by atoms with E-state index >= 15 is 0 Å². The maximum atomic E-state index is 13.8. The summed E-state index contributed by atoms with van der Waals surface area (Å²) < 4.78 is 11.2. The van der Waals surface area contributed by atoms with E-state index in [0.29, 0.717) is 31.5 Å². The first-order chi connectivity index (χ1) is 14.2. The number of nitrogens with zero attached hydrogens (tertiary/aromatic N) is 2. The summed E-state index contributed by atoms with van der Waals surface area (Å²) in [6.07, 6.45) is 0. The molecule has 6 heteroatoms. The largest absolute Gasteiger partial charge is 0.379 e. The molecular weight excluding hydrogens is 388 g/mol. The summed E-state index contributed by atoms with van der Waals surface area (Å²) in [5.74, 6) is 0.152. The van der Waals surface area contributed by atoms with Crippen molar-refractivity contribution in [3.8, 4) is 0 Å². The number of halogens is 1. The van der Waals surface area contributed by atoms with Crippen molar-refractivity contribution in [2.45, 2.75) is 12.1 Å². The molecule has 2 aromatic rings. The summed E-state index contributed by atoms with van der Waals surface area (Å²) in [6, 6.07) is 17.2. The molecule has 2 saturated heterocycles. The molecule has 2 aliphatic heterocycles. The SMILES string of the molecule is O=C(c1ccccc1)[C@@H]([C@H](c1ccc(Cl)cc1)N1CCOCC1)N1CCOCC1. The van der Waals surface area contributed by atoms with Gasteiger partial charge < -0.3 is 9.47 Å². The predicted octanol–water partition coefficient (Wildman–Crippen LogP) is 3.30. The molecule has 0 bridgehead atoms. The first kappa shape index (κ1) is 20.5. The number of rotatable bonds is 6. The lowest BCUT2D eigenvalue weighted by molar-refractivity contribution is -0.0301. The Morgan fingerprint density at radius 3 is 1.93 bits per heavy atom. The molecule has 0 N–H and O–H groups in total. The fraction of sp³-hybridized carbons (Fsp3) is 0.435. The third-order valence-electron chi connectivity index (χ3n) is 5.72. The van der Waals surface area contributed by atoms with Gasteiger partial charge in [0.15, 0.2) is 5.78 Å². The molecule has 29 heavy (non-hydrogen) atoms. The zero-order chi connectivity index (χ0) is 20.1. The van der Waals surface area contributed by atoms with E-state index in [9.17, 15) is 4.79 Å². The van der Waals surface area contributed by atoms with Gasteiger partial charge in [-0.3, -0.25) is 14.6 Å². The van der Waals surface area contributed by atoms with Crippen LogP contribution in [0.2, 0.25) is 5.02 Å². The third-order valence-corrected chi connectivity index (χ3v) is 5.97. The molecule has 154 valence electrons. The summed E-state index contributed by atoms with van der Waals surface area (Å²) in [5.41, 5.74) is 1.85. The maximum Gasteiger partial charge on any atom is 0.181 e. The summed E-state index contributed by atoms with van der Waals surface area (Å²) in [7, 11) is 0. The van der Waals surface area contributed by atoms with Gasteiger partial charge in [0.2, 0.25) is 0 Å². The molecule has 0 amide bonds. The molecule has 0 spiro atoms. The molecule has 0 radical (unpaired) electrons. The Morgan fingerprint density at radius 1 is 0.793 bits per heavy atom. The van der Waals surface area contributed by atoms with E-state index < -0.39 is 0 Å². The van der Waals surface area contributed by atoms with Gasteiger partial charge >= 0.3 is 0 Å². The van der Waals surface area contributed by atoms with E-state index in [0.717, 1.165) is 37.3 Å². The summed E-state index contributed by atoms with van der Waals surface area (Å²) in [5, 5.41) is 0.701. The molecule has 0 aliphatic carbocycles. The van der Waals surface area contributed by atoms with Crippen molar-refractivity contribution in [3.05, 3.63) is 70.7 Å². The van der Waals surface area contributed by atoms with Gasteiger partial charge in [0, 0.05) is 36.8 Å². The van der Waals surface area contributed by atoms with Crippen LogP contribution in [0.15, 0.2) is 54.6 Å². The van der Waals surface area contributed by atoms with Crippen molar-refractivity contribution in [2.24, 2.45) is 0 Å². The lowest BCUT2D eigenvalue weighted by Crippen LogP contribution is -2.55. The number of benzene rings is 2. The van der Waals surface area contributed by atoms with Crippen LogP contribution in [-0.4, -0.2) is 74.2 Å². The van der Waals surface area contributed by atoms with Crippen molar-refractivity contribution >= 4 is 17.4 Å². The average Bonchev–Trinajstić information content (AvgIpc) is 2.79. The second kappa shape index (κ2) is 9.83. The smallest absolute Gasteiger partial charge is 0.181 e. The fourth-order valence-corrected chi connectivity index (χ4v) is 4.37. The number of hydrogen-bond donors (Lipinski definition) is 0. The molecular formula is C23H27ClN2O3. The summed E-state index contributed by atoms with van der Waals surface area (Å²) >= 11 is 6.16. The van der Waals surface area contributed by atoms with E-state index in [1.807, 2.05) is 54.6 Å². The van der Waals surface area contributed by atoms with Crippen LogP contribution >= 0.6 is 11.6 Å². The highest BCUT2D eigenvalue weighted by Gasteiger charge is 2.39. The molecule has 2 fully saturated rings. The van der Waals surface area contributed by atoms with Gasteiger partial charge in [-0.15, -0.1) is 0 Å². The molecule has 0 unspecified atom stereocenters. The molecule has 2 heterocycles. The van der Waals surface area contributed by atoms with Crippen molar-refractivity contribution in [3.63, 3.8) is 0 Å². The van der Waals surface area contributed by atoms with Gasteiger partial charge in [-0.25, -0.2) is 0 Å². The monoisotopic (exact) mass is 414 g/mol. The highest BCUT2D eigenvalue weighted by atomic mass is 35.5. The fourth-order valence-electron chi connectivity index (χ4n) is 4.25. The molecule has 2 atom stereocenters. The van der Waals surface area contributed by atoms with E-state index in [1.165, 1.54) is 0 Å². The van der Waals surface area contributed by atoms with Gasteiger partial charge in [0.1, 0.15) is 0 Å². The minimum absolute atomic E-state index is 0.0676. The zero-order valence-corrected chi connectivity index (χ0v) is 17.3. The normalized spacial score (nSPS) is 20.9. The molecule has 0 aromatic heterocycles. The number of morpholine rings is 2. The summed E-state index contributed by atoms with van der Waals surface area (Å²) in [4.78, 5) is 18.5. The van der Waals surface area contributed by atoms with Crippen molar-refractivity contribution in [2.75, 3.05) is 52.6 Å². The Kier molecular flexibility index (Phi) is 6.95. The topological polar surface area (TPSA) is 42.0 Å². The number of ketones is 1. The van der Waals surface area contributed by atoms with E-state index in [4.69, 9.17) is 21.1 Å².